The average molecular weight is 262 g/mol. The lowest BCUT2D eigenvalue weighted by Gasteiger charge is -2.27. The van der Waals surface area contributed by atoms with Crippen molar-refractivity contribution >= 4 is 5.91 Å². The molecule has 6 heteroatoms. The number of carbonyl (C=O) groups is 1. The molecule has 2 aliphatic heterocycles. The molecule has 0 saturated carbocycles. The SMILES string of the molecule is CN1CCc2ncc(C(=O)N3CCOCC3)nc2C1. The van der Waals surface area contributed by atoms with Gasteiger partial charge in [-0.3, -0.25) is 9.78 Å². The van der Waals surface area contributed by atoms with E-state index in [0.29, 0.717) is 32.0 Å². The van der Waals surface area contributed by atoms with Gasteiger partial charge in [0.15, 0.2) is 0 Å². The largest absolute Gasteiger partial charge is 0.378 e. The predicted molar refractivity (Wildman–Crippen MR) is 68.8 cm³/mol. The van der Waals surface area contributed by atoms with E-state index in [4.69, 9.17) is 4.74 Å². The number of hydrogen-bond acceptors (Lipinski definition) is 5. The molecule has 0 radical (unpaired) electrons. The smallest absolute Gasteiger partial charge is 0.274 e. The first-order valence-electron chi connectivity index (χ1n) is 6.64. The van der Waals surface area contributed by atoms with E-state index >= 15 is 0 Å². The normalized spacial score (nSPS) is 20.2. The van der Waals surface area contributed by atoms with Crippen LogP contribution in [0.1, 0.15) is 21.9 Å². The van der Waals surface area contributed by atoms with Gasteiger partial charge in [-0.25, -0.2) is 4.98 Å². The Bertz CT molecular complexity index is 486. The molecule has 0 aliphatic carbocycles. The molecule has 2 aliphatic rings. The number of nitrogens with zero attached hydrogens (tertiary/aromatic N) is 4. The first-order chi connectivity index (χ1) is 9.24. The number of ether oxygens (including phenoxy) is 1. The summed E-state index contributed by atoms with van der Waals surface area (Å²) in [5.41, 5.74) is 2.42. The Labute approximate surface area is 112 Å². The molecule has 0 unspecified atom stereocenters. The number of likely N-dealkylation sites (N-methyl/N-ethyl adjacent to an activating group) is 1. The molecular formula is C13H18N4O2. The molecule has 19 heavy (non-hydrogen) atoms. The van der Waals surface area contributed by atoms with Crippen LogP contribution in [0.15, 0.2) is 6.20 Å². The predicted octanol–water partition coefficient (Wildman–Crippen LogP) is -0.0631. The van der Waals surface area contributed by atoms with Crippen LogP contribution in [-0.2, 0) is 17.7 Å². The van der Waals surface area contributed by atoms with Gasteiger partial charge in [0.2, 0.25) is 0 Å². The monoisotopic (exact) mass is 262 g/mol. The van der Waals surface area contributed by atoms with Gasteiger partial charge in [-0.1, -0.05) is 0 Å². The molecule has 0 N–H and O–H groups in total. The molecule has 1 aromatic heterocycles. The summed E-state index contributed by atoms with van der Waals surface area (Å²) in [5.74, 6) is -0.0353. The topological polar surface area (TPSA) is 58.6 Å². The second-order valence-corrected chi connectivity index (χ2v) is 5.04. The van der Waals surface area contributed by atoms with Crippen molar-refractivity contribution in [2.75, 3.05) is 39.9 Å². The molecule has 1 saturated heterocycles. The quantitative estimate of drug-likeness (QED) is 0.709. The summed E-state index contributed by atoms with van der Waals surface area (Å²) in [6.07, 6.45) is 2.52. The van der Waals surface area contributed by atoms with Gasteiger partial charge in [0.25, 0.3) is 5.91 Å². The molecule has 1 fully saturated rings. The van der Waals surface area contributed by atoms with E-state index in [9.17, 15) is 4.79 Å². The molecule has 1 amide bonds. The standard InChI is InChI=1S/C13H18N4O2/c1-16-3-2-10-12(9-16)15-11(8-14-10)13(18)17-4-6-19-7-5-17/h8H,2-7,9H2,1H3. The fourth-order valence-corrected chi connectivity index (χ4v) is 2.45. The van der Waals surface area contributed by atoms with E-state index in [1.54, 1.807) is 11.1 Å². The van der Waals surface area contributed by atoms with Crippen LogP contribution in [0.4, 0.5) is 0 Å². The van der Waals surface area contributed by atoms with Crippen LogP contribution < -0.4 is 0 Å². The summed E-state index contributed by atoms with van der Waals surface area (Å²) in [7, 11) is 2.06. The Morgan fingerprint density at radius 1 is 1.26 bits per heavy atom. The van der Waals surface area contributed by atoms with Gasteiger partial charge in [-0.2, -0.15) is 0 Å². The molecule has 0 aromatic carbocycles. The van der Waals surface area contributed by atoms with Gasteiger partial charge in [0.05, 0.1) is 30.8 Å². The van der Waals surface area contributed by atoms with Crippen LogP contribution in [0, 0.1) is 0 Å². The highest BCUT2D eigenvalue weighted by Crippen LogP contribution is 2.14. The molecule has 0 spiro atoms. The van der Waals surface area contributed by atoms with Gasteiger partial charge in [0, 0.05) is 32.6 Å². The van der Waals surface area contributed by atoms with Crippen molar-refractivity contribution in [3.63, 3.8) is 0 Å². The zero-order chi connectivity index (χ0) is 13.2. The van der Waals surface area contributed by atoms with Crippen molar-refractivity contribution in [3.8, 4) is 0 Å². The Morgan fingerprint density at radius 3 is 2.84 bits per heavy atom. The maximum absolute atomic E-state index is 12.3. The third-order valence-electron chi connectivity index (χ3n) is 3.60. The summed E-state index contributed by atoms with van der Waals surface area (Å²) < 4.78 is 5.25. The maximum Gasteiger partial charge on any atom is 0.274 e. The third-order valence-corrected chi connectivity index (χ3v) is 3.60. The van der Waals surface area contributed by atoms with E-state index in [0.717, 1.165) is 30.9 Å². The first kappa shape index (κ1) is 12.5. The highest BCUT2D eigenvalue weighted by Gasteiger charge is 2.22. The molecule has 3 heterocycles. The van der Waals surface area contributed by atoms with Gasteiger partial charge in [0.1, 0.15) is 5.69 Å². The summed E-state index contributed by atoms with van der Waals surface area (Å²) in [6, 6.07) is 0. The number of rotatable bonds is 1. The van der Waals surface area contributed by atoms with Crippen LogP contribution in [0.3, 0.4) is 0 Å². The van der Waals surface area contributed by atoms with E-state index in [1.165, 1.54) is 0 Å². The van der Waals surface area contributed by atoms with Crippen LogP contribution in [-0.4, -0.2) is 65.6 Å². The fraction of sp³-hybridized carbons (Fsp3) is 0.615. The van der Waals surface area contributed by atoms with E-state index in [-0.39, 0.29) is 5.91 Å². The van der Waals surface area contributed by atoms with Crippen molar-refractivity contribution in [2.45, 2.75) is 13.0 Å². The van der Waals surface area contributed by atoms with Crippen LogP contribution >= 0.6 is 0 Å². The summed E-state index contributed by atoms with van der Waals surface area (Å²) in [6.45, 7) is 4.25. The second-order valence-electron chi connectivity index (χ2n) is 5.04. The molecule has 3 rings (SSSR count). The van der Waals surface area contributed by atoms with E-state index < -0.39 is 0 Å². The van der Waals surface area contributed by atoms with Crippen molar-refractivity contribution in [1.29, 1.82) is 0 Å². The Kier molecular flexibility index (Phi) is 3.44. The maximum atomic E-state index is 12.3. The lowest BCUT2D eigenvalue weighted by molar-refractivity contribution is 0.0298. The highest BCUT2D eigenvalue weighted by molar-refractivity contribution is 5.92. The average Bonchev–Trinajstić information content (AvgIpc) is 2.46. The minimum Gasteiger partial charge on any atom is -0.378 e. The molecule has 102 valence electrons. The van der Waals surface area contributed by atoms with Gasteiger partial charge in [-0.15, -0.1) is 0 Å². The minimum absolute atomic E-state index is 0.0353. The second kappa shape index (κ2) is 5.22. The van der Waals surface area contributed by atoms with Crippen LogP contribution in [0.25, 0.3) is 0 Å². The molecular weight excluding hydrogens is 244 g/mol. The van der Waals surface area contributed by atoms with Crippen molar-refractivity contribution < 1.29 is 9.53 Å². The lowest BCUT2D eigenvalue weighted by atomic mass is 10.1. The number of morpholine rings is 1. The lowest BCUT2D eigenvalue weighted by Crippen LogP contribution is -2.41. The van der Waals surface area contributed by atoms with Crippen LogP contribution in [0.5, 0.6) is 0 Å². The van der Waals surface area contributed by atoms with Crippen LogP contribution in [0.2, 0.25) is 0 Å². The van der Waals surface area contributed by atoms with Gasteiger partial charge >= 0.3 is 0 Å². The Balaban J connectivity index is 1.81. The summed E-state index contributed by atoms with van der Waals surface area (Å²) >= 11 is 0. The van der Waals surface area contributed by atoms with Gasteiger partial charge < -0.3 is 14.5 Å². The zero-order valence-corrected chi connectivity index (χ0v) is 11.1. The zero-order valence-electron chi connectivity index (χ0n) is 11.1. The van der Waals surface area contributed by atoms with Gasteiger partial charge in [-0.05, 0) is 7.05 Å². The van der Waals surface area contributed by atoms with Crippen molar-refractivity contribution in [1.82, 2.24) is 19.8 Å². The molecule has 0 bridgehead atoms. The highest BCUT2D eigenvalue weighted by atomic mass is 16.5. The summed E-state index contributed by atoms with van der Waals surface area (Å²) in [5, 5.41) is 0. The summed E-state index contributed by atoms with van der Waals surface area (Å²) in [4.78, 5) is 25.2. The number of aromatic nitrogens is 2. The number of amides is 1. The number of hydrogen-bond donors (Lipinski definition) is 0. The third kappa shape index (κ3) is 2.59. The Morgan fingerprint density at radius 2 is 2.05 bits per heavy atom. The van der Waals surface area contributed by atoms with Crippen molar-refractivity contribution in [2.24, 2.45) is 0 Å². The first-order valence-corrected chi connectivity index (χ1v) is 6.64. The minimum atomic E-state index is -0.0353. The molecule has 6 nitrogen and oxygen atoms in total. The Hall–Kier alpha value is -1.53. The number of carbonyl (C=O) groups excluding carboxylic acids is 1. The molecule has 0 atom stereocenters. The van der Waals surface area contributed by atoms with E-state index in [2.05, 4.69) is 21.9 Å². The fourth-order valence-electron chi connectivity index (χ4n) is 2.45. The van der Waals surface area contributed by atoms with Crippen molar-refractivity contribution in [3.05, 3.63) is 23.3 Å². The van der Waals surface area contributed by atoms with E-state index in [1.807, 2.05) is 0 Å². The molecule has 1 aromatic rings. The number of fused-ring (bicyclic) bond motifs is 1.